The van der Waals surface area contributed by atoms with Crippen molar-refractivity contribution in [2.24, 2.45) is 17.8 Å². The maximum Gasteiger partial charge on any atom is 0.307 e. The molecule has 2 rings (SSSR count). The van der Waals surface area contributed by atoms with E-state index in [1.807, 2.05) is 31.2 Å². The summed E-state index contributed by atoms with van der Waals surface area (Å²) in [5, 5.41) is 9.30. The van der Waals surface area contributed by atoms with E-state index in [1.165, 1.54) is 5.56 Å². The van der Waals surface area contributed by atoms with Crippen molar-refractivity contribution in [1.29, 1.82) is 0 Å². The number of carboxylic acids is 1. The number of rotatable bonds is 4. The van der Waals surface area contributed by atoms with Gasteiger partial charge in [-0.2, -0.15) is 0 Å². The largest absolute Gasteiger partial charge is 0.481 e. The highest BCUT2D eigenvalue weighted by Crippen LogP contribution is 2.38. The van der Waals surface area contributed by atoms with Crippen LogP contribution in [0.15, 0.2) is 24.3 Å². The lowest BCUT2D eigenvalue weighted by Crippen LogP contribution is -2.36. The van der Waals surface area contributed by atoms with Crippen LogP contribution >= 0.6 is 0 Å². The van der Waals surface area contributed by atoms with Crippen molar-refractivity contribution < 1.29 is 14.7 Å². The molecule has 0 spiro atoms. The zero-order chi connectivity index (χ0) is 15.6. The minimum absolute atomic E-state index is 0.0870. The van der Waals surface area contributed by atoms with Gasteiger partial charge in [0.15, 0.2) is 0 Å². The summed E-state index contributed by atoms with van der Waals surface area (Å²) in [6, 6.07) is 7.85. The van der Waals surface area contributed by atoms with Crippen molar-refractivity contribution in [3.63, 3.8) is 0 Å². The molecule has 4 heteroatoms. The Kier molecular flexibility index (Phi) is 4.66. The van der Waals surface area contributed by atoms with E-state index in [4.69, 9.17) is 0 Å². The molecule has 1 aliphatic carbocycles. The van der Waals surface area contributed by atoms with E-state index in [2.05, 4.69) is 6.92 Å². The molecule has 1 fully saturated rings. The van der Waals surface area contributed by atoms with Gasteiger partial charge in [-0.15, -0.1) is 0 Å². The summed E-state index contributed by atoms with van der Waals surface area (Å²) < 4.78 is 0. The Hall–Kier alpha value is -1.84. The van der Waals surface area contributed by atoms with Gasteiger partial charge in [0, 0.05) is 12.7 Å². The van der Waals surface area contributed by atoms with Crippen LogP contribution in [0, 0.1) is 17.8 Å². The molecule has 0 heterocycles. The first-order valence-corrected chi connectivity index (χ1v) is 7.53. The summed E-state index contributed by atoms with van der Waals surface area (Å²) in [7, 11) is 1.73. The third-order valence-electron chi connectivity index (χ3n) is 4.50. The first kappa shape index (κ1) is 15.5. The lowest BCUT2D eigenvalue weighted by molar-refractivity contribution is -0.145. The molecule has 0 aromatic heterocycles. The van der Waals surface area contributed by atoms with Crippen LogP contribution < -0.4 is 4.90 Å². The molecule has 1 unspecified atom stereocenters. The summed E-state index contributed by atoms with van der Waals surface area (Å²) in [6.45, 7) is 4.10. The number of carbonyl (C=O) groups excluding carboxylic acids is 1. The summed E-state index contributed by atoms with van der Waals surface area (Å²) in [5.74, 6) is -1.61. The van der Waals surface area contributed by atoms with Gasteiger partial charge in [0.1, 0.15) is 0 Å². The monoisotopic (exact) mass is 289 g/mol. The van der Waals surface area contributed by atoms with Gasteiger partial charge < -0.3 is 10.0 Å². The topological polar surface area (TPSA) is 57.6 Å². The molecular formula is C17H23NO3. The fraction of sp³-hybridized carbons (Fsp3) is 0.529. The van der Waals surface area contributed by atoms with E-state index < -0.39 is 17.8 Å². The van der Waals surface area contributed by atoms with Crippen LogP contribution in [-0.2, 0) is 16.0 Å². The molecule has 0 bridgehead atoms. The van der Waals surface area contributed by atoms with Crippen molar-refractivity contribution in [1.82, 2.24) is 0 Å². The van der Waals surface area contributed by atoms with Crippen LogP contribution in [0.3, 0.4) is 0 Å². The number of carbonyl (C=O) groups is 2. The zero-order valence-electron chi connectivity index (χ0n) is 12.9. The van der Waals surface area contributed by atoms with Gasteiger partial charge in [-0.3, -0.25) is 9.59 Å². The average molecular weight is 289 g/mol. The van der Waals surface area contributed by atoms with Crippen LogP contribution in [0.25, 0.3) is 0 Å². The number of aliphatic carboxylic acids is 1. The minimum Gasteiger partial charge on any atom is -0.481 e. The van der Waals surface area contributed by atoms with Gasteiger partial charge in [0.05, 0.1) is 11.8 Å². The van der Waals surface area contributed by atoms with Gasteiger partial charge in [0.25, 0.3) is 0 Å². The van der Waals surface area contributed by atoms with Crippen molar-refractivity contribution in [3.8, 4) is 0 Å². The number of hydrogen-bond donors (Lipinski definition) is 1. The molecule has 3 atom stereocenters. The third kappa shape index (κ3) is 3.26. The van der Waals surface area contributed by atoms with Crippen molar-refractivity contribution in [2.45, 2.75) is 33.1 Å². The zero-order valence-corrected chi connectivity index (χ0v) is 12.9. The van der Waals surface area contributed by atoms with Crippen molar-refractivity contribution in [3.05, 3.63) is 29.8 Å². The summed E-state index contributed by atoms with van der Waals surface area (Å²) in [4.78, 5) is 25.6. The Morgan fingerprint density at radius 2 is 1.76 bits per heavy atom. The van der Waals surface area contributed by atoms with E-state index >= 15 is 0 Å². The van der Waals surface area contributed by atoms with E-state index in [1.54, 1.807) is 11.9 Å². The molecule has 1 amide bonds. The van der Waals surface area contributed by atoms with E-state index in [0.717, 1.165) is 12.1 Å². The highest BCUT2D eigenvalue weighted by Gasteiger charge is 2.42. The normalized spacial score (nSPS) is 24.8. The van der Waals surface area contributed by atoms with Gasteiger partial charge in [-0.05, 0) is 42.9 Å². The second kappa shape index (κ2) is 6.29. The molecule has 0 radical (unpaired) electrons. The molecule has 114 valence electrons. The predicted molar refractivity (Wildman–Crippen MR) is 82.2 cm³/mol. The van der Waals surface area contributed by atoms with Crippen molar-refractivity contribution in [2.75, 3.05) is 11.9 Å². The Labute approximate surface area is 125 Å². The number of hydrogen-bond acceptors (Lipinski definition) is 2. The number of anilines is 1. The number of nitrogens with zero attached hydrogens (tertiary/aromatic N) is 1. The Morgan fingerprint density at radius 1 is 1.19 bits per heavy atom. The average Bonchev–Trinajstić information content (AvgIpc) is 2.88. The Morgan fingerprint density at radius 3 is 2.29 bits per heavy atom. The maximum atomic E-state index is 12.6. The highest BCUT2D eigenvalue weighted by molar-refractivity contribution is 5.97. The van der Waals surface area contributed by atoms with Gasteiger partial charge >= 0.3 is 5.97 Å². The lowest BCUT2D eigenvalue weighted by Gasteiger charge is -2.23. The smallest absolute Gasteiger partial charge is 0.307 e. The molecule has 1 N–H and O–H groups in total. The molecule has 1 saturated carbocycles. The Balaban J connectivity index is 2.15. The minimum atomic E-state index is -0.854. The second-order valence-corrected chi connectivity index (χ2v) is 6.05. The molecule has 21 heavy (non-hydrogen) atoms. The van der Waals surface area contributed by atoms with Gasteiger partial charge in [-0.1, -0.05) is 26.0 Å². The van der Waals surface area contributed by atoms with Crippen LogP contribution in [0.2, 0.25) is 0 Å². The summed E-state index contributed by atoms with van der Waals surface area (Å²) >= 11 is 0. The van der Waals surface area contributed by atoms with Crippen molar-refractivity contribution >= 4 is 17.6 Å². The second-order valence-electron chi connectivity index (χ2n) is 6.05. The standard InChI is InChI=1S/C17H23NO3/c1-4-12-5-7-13(8-6-12)18(3)16(19)14-9-11(2)10-15(14)17(20)21/h5-8,11,14-15H,4,9-10H2,1-3H3,(H,20,21)/t11?,14-,15+/m0/s1. The van der Waals surface area contributed by atoms with Crippen LogP contribution in [0.5, 0.6) is 0 Å². The molecule has 1 aromatic carbocycles. The molecular weight excluding hydrogens is 266 g/mol. The SMILES string of the molecule is CCc1ccc(N(C)C(=O)[C@H]2CC(C)C[C@H]2C(=O)O)cc1. The van der Waals surface area contributed by atoms with Gasteiger partial charge in [0.2, 0.25) is 5.91 Å². The number of carboxylic acid groups (broad SMARTS) is 1. The van der Waals surface area contributed by atoms with E-state index in [9.17, 15) is 14.7 Å². The molecule has 4 nitrogen and oxygen atoms in total. The lowest BCUT2D eigenvalue weighted by atomic mass is 9.94. The summed E-state index contributed by atoms with van der Waals surface area (Å²) in [6.07, 6.45) is 2.21. The molecule has 0 aliphatic heterocycles. The third-order valence-corrected chi connectivity index (χ3v) is 4.50. The number of benzene rings is 1. The maximum absolute atomic E-state index is 12.6. The first-order valence-electron chi connectivity index (χ1n) is 7.53. The van der Waals surface area contributed by atoms with Crippen LogP contribution in [0.1, 0.15) is 32.3 Å². The Bertz CT molecular complexity index is 523. The number of amides is 1. The summed E-state index contributed by atoms with van der Waals surface area (Å²) in [5.41, 5.74) is 2.04. The molecule has 1 aromatic rings. The number of aryl methyl sites for hydroxylation is 1. The van der Waals surface area contributed by atoms with Crippen LogP contribution in [0.4, 0.5) is 5.69 Å². The van der Waals surface area contributed by atoms with E-state index in [0.29, 0.717) is 12.8 Å². The fourth-order valence-corrected chi connectivity index (χ4v) is 3.17. The predicted octanol–water partition coefficient (Wildman–Crippen LogP) is 2.96. The van der Waals surface area contributed by atoms with E-state index in [-0.39, 0.29) is 11.8 Å². The molecule has 1 aliphatic rings. The fourth-order valence-electron chi connectivity index (χ4n) is 3.17. The van der Waals surface area contributed by atoms with Crippen LogP contribution in [-0.4, -0.2) is 24.0 Å². The quantitative estimate of drug-likeness (QED) is 0.927. The highest BCUT2D eigenvalue weighted by atomic mass is 16.4. The molecule has 0 saturated heterocycles. The first-order chi connectivity index (χ1) is 9.93. The van der Waals surface area contributed by atoms with Gasteiger partial charge in [-0.25, -0.2) is 0 Å².